The molecule has 1 aromatic carbocycles. The summed E-state index contributed by atoms with van der Waals surface area (Å²) in [5.41, 5.74) is 0.0603. The second-order valence-corrected chi connectivity index (χ2v) is 5.49. The van der Waals surface area contributed by atoms with E-state index in [9.17, 15) is 18.0 Å². The van der Waals surface area contributed by atoms with E-state index in [-0.39, 0.29) is 12.1 Å². The molecule has 3 aromatic rings. The molecule has 3 rings (SSSR count). The monoisotopic (exact) mass is 392 g/mol. The minimum absolute atomic E-state index is 0.0603. The van der Waals surface area contributed by atoms with Gasteiger partial charge in [0, 0.05) is 31.0 Å². The van der Waals surface area contributed by atoms with Gasteiger partial charge in [-0.05, 0) is 36.4 Å². The number of carbonyl (C=O) groups is 1. The maximum absolute atomic E-state index is 12.2. The zero-order valence-electron chi connectivity index (χ0n) is 14.3. The molecule has 0 radical (unpaired) electrons. The number of hydrogen-bond donors (Lipinski definition) is 2. The molecular formula is C17H15F3N6O2. The molecule has 11 heteroatoms. The summed E-state index contributed by atoms with van der Waals surface area (Å²) in [6, 6.07) is 10.1. The summed E-state index contributed by atoms with van der Waals surface area (Å²) in [6.07, 6.45) is -1.45. The van der Waals surface area contributed by atoms with Gasteiger partial charge in [-0.2, -0.15) is 5.10 Å². The number of rotatable bonds is 7. The van der Waals surface area contributed by atoms with Crippen LogP contribution in [0.1, 0.15) is 10.4 Å². The van der Waals surface area contributed by atoms with Crippen molar-refractivity contribution in [2.45, 2.75) is 6.36 Å². The van der Waals surface area contributed by atoms with Crippen LogP contribution in [-0.2, 0) is 0 Å². The predicted octanol–water partition coefficient (Wildman–Crippen LogP) is 2.40. The molecule has 2 N–H and O–H groups in total. The van der Waals surface area contributed by atoms with E-state index >= 15 is 0 Å². The second kappa shape index (κ2) is 8.37. The lowest BCUT2D eigenvalue weighted by atomic mass is 10.2. The first-order valence-electron chi connectivity index (χ1n) is 8.12. The number of benzene rings is 1. The van der Waals surface area contributed by atoms with Crippen LogP contribution in [0, 0.1) is 0 Å². The normalized spacial score (nSPS) is 11.1. The average Bonchev–Trinajstić information content (AvgIpc) is 3.19. The Balaban J connectivity index is 1.46. The maximum atomic E-state index is 12.2. The van der Waals surface area contributed by atoms with Crippen LogP contribution < -0.4 is 15.4 Å². The van der Waals surface area contributed by atoms with Crippen molar-refractivity contribution in [3.05, 3.63) is 60.4 Å². The van der Waals surface area contributed by atoms with Crippen LogP contribution in [0.25, 0.3) is 5.82 Å². The van der Waals surface area contributed by atoms with Crippen LogP contribution >= 0.6 is 0 Å². The Kier molecular flexibility index (Phi) is 5.72. The number of anilines is 1. The number of nitrogens with one attached hydrogen (secondary N) is 2. The van der Waals surface area contributed by atoms with Gasteiger partial charge in [0.1, 0.15) is 11.6 Å². The Bertz CT molecular complexity index is 913. The zero-order valence-corrected chi connectivity index (χ0v) is 14.3. The number of amides is 1. The van der Waals surface area contributed by atoms with E-state index in [1.54, 1.807) is 35.3 Å². The molecule has 2 heterocycles. The van der Waals surface area contributed by atoms with Crippen molar-refractivity contribution in [1.82, 2.24) is 25.3 Å². The molecule has 0 bridgehead atoms. The van der Waals surface area contributed by atoms with E-state index in [0.29, 0.717) is 18.2 Å². The highest BCUT2D eigenvalue weighted by Crippen LogP contribution is 2.23. The van der Waals surface area contributed by atoms with Gasteiger partial charge in [0.25, 0.3) is 5.91 Å². The van der Waals surface area contributed by atoms with Crippen molar-refractivity contribution in [2.75, 3.05) is 18.4 Å². The first-order valence-corrected chi connectivity index (χ1v) is 8.12. The number of ether oxygens (including phenoxy) is 1. The Morgan fingerprint density at radius 3 is 2.64 bits per heavy atom. The lowest BCUT2D eigenvalue weighted by Crippen LogP contribution is -2.29. The van der Waals surface area contributed by atoms with Crippen molar-refractivity contribution >= 4 is 11.7 Å². The fraction of sp³-hybridized carbons (Fsp3) is 0.176. The van der Waals surface area contributed by atoms with Gasteiger partial charge in [0.2, 0.25) is 0 Å². The Morgan fingerprint density at radius 1 is 1.11 bits per heavy atom. The van der Waals surface area contributed by atoms with Crippen LogP contribution in [0.5, 0.6) is 5.75 Å². The molecule has 0 saturated carbocycles. The van der Waals surface area contributed by atoms with Crippen LogP contribution in [-0.4, -0.2) is 45.3 Å². The molecule has 1 amide bonds. The Hall–Kier alpha value is -3.63. The Morgan fingerprint density at radius 2 is 1.96 bits per heavy atom. The third-order valence-electron chi connectivity index (χ3n) is 3.44. The van der Waals surface area contributed by atoms with E-state index in [1.807, 2.05) is 0 Å². The molecule has 0 aliphatic carbocycles. The molecule has 0 spiro atoms. The van der Waals surface area contributed by atoms with Gasteiger partial charge in [-0.25, -0.2) is 4.68 Å². The molecule has 8 nitrogen and oxygen atoms in total. The lowest BCUT2D eigenvalue weighted by Gasteiger charge is -2.10. The molecule has 0 aliphatic heterocycles. The summed E-state index contributed by atoms with van der Waals surface area (Å²) in [6.45, 7) is 0.575. The first kappa shape index (κ1) is 19.1. The van der Waals surface area contributed by atoms with Crippen molar-refractivity contribution in [3.8, 4) is 11.6 Å². The van der Waals surface area contributed by atoms with E-state index in [2.05, 4.69) is 30.7 Å². The summed E-state index contributed by atoms with van der Waals surface area (Å²) >= 11 is 0. The van der Waals surface area contributed by atoms with Crippen LogP contribution in [0.15, 0.2) is 54.9 Å². The summed E-state index contributed by atoms with van der Waals surface area (Å²) in [4.78, 5) is 12.0. The highest BCUT2D eigenvalue weighted by molar-refractivity contribution is 5.94. The molecule has 0 fully saturated rings. The average molecular weight is 392 g/mol. The lowest BCUT2D eigenvalue weighted by molar-refractivity contribution is -0.274. The van der Waals surface area contributed by atoms with Crippen molar-refractivity contribution in [2.24, 2.45) is 0 Å². The van der Waals surface area contributed by atoms with Gasteiger partial charge < -0.3 is 15.4 Å². The first-order chi connectivity index (χ1) is 13.4. The zero-order chi connectivity index (χ0) is 20.0. The summed E-state index contributed by atoms with van der Waals surface area (Å²) < 4.78 is 42.1. The molecule has 0 saturated heterocycles. The molecule has 2 aromatic heterocycles. The van der Waals surface area contributed by atoms with Crippen LogP contribution in [0.3, 0.4) is 0 Å². The third kappa shape index (κ3) is 5.43. The van der Waals surface area contributed by atoms with Crippen LogP contribution in [0.4, 0.5) is 19.0 Å². The fourth-order valence-electron chi connectivity index (χ4n) is 2.25. The highest BCUT2D eigenvalue weighted by Gasteiger charge is 2.31. The highest BCUT2D eigenvalue weighted by atomic mass is 19.4. The van der Waals surface area contributed by atoms with E-state index in [4.69, 9.17) is 0 Å². The fourth-order valence-corrected chi connectivity index (χ4v) is 2.25. The number of aromatic nitrogens is 4. The molecule has 0 atom stereocenters. The van der Waals surface area contributed by atoms with Gasteiger partial charge >= 0.3 is 6.36 Å². The molecule has 28 heavy (non-hydrogen) atoms. The van der Waals surface area contributed by atoms with Gasteiger partial charge in [0.05, 0.1) is 0 Å². The summed E-state index contributed by atoms with van der Waals surface area (Å²) in [5.74, 6) is 0.0934. The topological polar surface area (TPSA) is 94.0 Å². The number of hydrogen-bond acceptors (Lipinski definition) is 6. The van der Waals surface area contributed by atoms with Crippen molar-refractivity contribution < 1.29 is 22.7 Å². The number of halogens is 3. The smallest absolute Gasteiger partial charge is 0.406 e. The molecule has 0 aliphatic rings. The standard InChI is InChI=1S/C17H15F3N6O2/c18-17(19,20)28-13-4-1-3-12(11-13)16(27)22-9-8-21-14-5-6-15(25-24-14)26-10-2-7-23-26/h1-7,10-11H,8-9H2,(H,21,24)(H,22,27). The van der Waals surface area contributed by atoms with E-state index < -0.39 is 18.0 Å². The summed E-state index contributed by atoms with van der Waals surface area (Å²) in [5, 5.41) is 17.6. The number of nitrogens with zero attached hydrogens (tertiary/aromatic N) is 4. The quantitative estimate of drug-likeness (QED) is 0.600. The minimum Gasteiger partial charge on any atom is -0.406 e. The molecular weight excluding hydrogens is 377 g/mol. The number of alkyl halides is 3. The van der Waals surface area contributed by atoms with Crippen molar-refractivity contribution in [3.63, 3.8) is 0 Å². The largest absolute Gasteiger partial charge is 0.573 e. The second-order valence-electron chi connectivity index (χ2n) is 5.49. The third-order valence-corrected chi connectivity index (χ3v) is 3.44. The van der Waals surface area contributed by atoms with Gasteiger partial charge in [-0.3, -0.25) is 4.79 Å². The SMILES string of the molecule is O=C(NCCNc1ccc(-n2cccn2)nn1)c1cccc(OC(F)(F)F)c1. The van der Waals surface area contributed by atoms with Gasteiger partial charge in [0.15, 0.2) is 5.82 Å². The Labute approximate surface area is 157 Å². The molecule has 0 unspecified atom stereocenters. The number of carbonyl (C=O) groups excluding carboxylic acids is 1. The maximum Gasteiger partial charge on any atom is 0.573 e. The van der Waals surface area contributed by atoms with Crippen LogP contribution in [0.2, 0.25) is 0 Å². The predicted molar refractivity (Wildman–Crippen MR) is 93.1 cm³/mol. The van der Waals surface area contributed by atoms with E-state index in [0.717, 1.165) is 12.1 Å². The van der Waals surface area contributed by atoms with Crippen molar-refractivity contribution in [1.29, 1.82) is 0 Å². The summed E-state index contributed by atoms with van der Waals surface area (Å²) in [7, 11) is 0. The minimum atomic E-state index is -4.81. The van der Waals surface area contributed by atoms with E-state index in [1.165, 1.54) is 12.1 Å². The molecule has 146 valence electrons. The van der Waals surface area contributed by atoms with Gasteiger partial charge in [-0.15, -0.1) is 23.4 Å². The van der Waals surface area contributed by atoms with Gasteiger partial charge in [-0.1, -0.05) is 6.07 Å².